The Labute approximate surface area is 118 Å². The Morgan fingerprint density at radius 1 is 1.35 bits per heavy atom. The summed E-state index contributed by atoms with van der Waals surface area (Å²) in [6.07, 6.45) is 2.40. The Hall–Kier alpha value is -1.78. The Morgan fingerprint density at radius 2 is 2.05 bits per heavy atom. The lowest BCUT2D eigenvalue weighted by Gasteiger charge is -2.38. The van der Waals surface area contributed by atoms with Gasteiger partial charge in [0, 0.05) is 26.1 Å². The average molecular weight is 276 g/mol. The van der Waals surface area contributed by atoms with E-state index in [2.05, 4.69) is 5.32 Å². The topological polar surface area (TPSA) is 62.6 Å². The van der Waals surface area contributed by atoms with Gasteiger partial charge in [0.15, 0.2) is 0 Å². The second-order valence-corrected chi connectivity index (χ2v) is 6.07. The Bertz CT molecular complexity index is 553. The van der Waals surface area contributed by atoms with E-state index in [4.69, 9.17) is 4.42 Å². The van der Waals surface area contributed by atoms with Crippen LogP contribution in [0.1, 0.15) is 41.1 Å². The summed E-state index contributed by atoms with van der Waals surface area (Å²) < 4.78 is 5.43. The van der Waals surface area contributed by atoms with Crippen LogP contribution in [0.3, 0.4) is 0 Å². The van der Waals surface area contributed by atoms with Crippen molar-refractivity contribution in [3.63, 3.8) is 0 Å². The van der Waals surface area contributed by atoms with E-state index >= 15 is 0 Å². The SMILES string of the molecule is Cc1cc(C(=O)N2CCC3(CC2)CNC(=O)C3)c(C)o1. The molecule has 1 aromatic heterocycles. The second-order valence-electron chi connectivity index (χ2n) is 6.07. The van der Waals surface area contributed by atoms with Crippen LogP contribution in [0.15, 0.2) is 10.5 Å². The molecule has 0 aromatic carbocycles. The van der Waals surface area contributed by atoms with Crippen LogP contribution in [0, 0.1) is 19.3 Å². The van der Waals surface area contributed by atoms with Gasteiger partial charge in [-0.1, -0.05) is 0 Å². The molecular weight excluding hydrogens is 256 g/mol. The van der Waals surface area contributed by atoms with Gasteiger partial charge in [-0.3, -0.25) is 9.59 Å². The molecule has 0 unspecified atom stereocenters. The van der Waals surface area contributed by atoms with Crippen molar-refractivity contribution in [3.05, 3.63) is 23.2 Å². The fourth-order valence-electron chi connectivity index (χ4n) is 3.30. The molecule has 1 N–H and O–H groups in total. The molecule has 0 bridgehead atoms. The Morgan fingerprint density at radius 3 is 2.55 bits per heavy atom. The van der Waals surface area contributed by atoms with Crippen LogP contribution in [-0.4, -0.2) is 36.3 Å². The normalized spacial score (nSPS) is 21.3. The van der Waals surface area contributed by atoms with Crippen LogP contribution in [0.25, 0.3) is 0 Å². The summed E-state index contributed by atoms with van der Waals surface area (Å²) >= 11 is 0. The van der Waals surface area contributed by atoms with E-state index in [1.807, 2.05) is 24.8 Å². The van der Waals surface area contributed by atoms with Crippen molar-refractivity contribution in [1.82, 2.24) is 10.2 Å². The molecule has 5 heteroatoms. The number of amides is 2. The molecule has 0 radical (unpaired) electrons. The molecule has 5 nitrogen and oxygen atoms in total. The van der Waals surface area contributed by atoms with Crippen LogP contribution in [-0.2, 0) is 4.79 Å². The van der Waals surface area contributed by atoms with E-state index in [0.717, 1.165) is 38.2 Å². The van der Waals surface area contributed by atoms with Gasteiger partial charge in [0.1, 0.15) is 11.5 Å². The molecule has 20 heavy (non-hydrogen) atoms. The minimum absolute atomic E-state index is 0.0477. The van der Waals surface area contributed by atoms with Gasteiger partial charge in [-0.15, -0.1) is 0 Å². The Balaban J connectivity index is 1.68. The maximum Gasteiger partial charge on any atom is 0.257 e. The van der Waals surface area contributed by atoms with E-state index in [9.17, 15) is 9.59 Å². The molecule has 1 spiro atoms. The number of nitrogens with zero attached hydrogens (tertiary/aromatic N) is 1. The number of nitrogens with one attached hydrogen (secondary N) is 1. The van der Waals surface area contributed by atoms with Gasteiger partial charge >= 0.3 is 0 Å². The van der Waals surface area contributed by atoms with Crippen molar-refractivity contribution in [2.75, 3.05) is 19.6 Å². The lowest BCUT2D eigenvalue weighted by molar-refractivity contribution is -0.119. The first-order valence-corrected chi connectivity index (χ1v) is 7.12. The summed E-state index contributed by atoms with van der Waals surface area (Å²) in [5.41, 5.74) is 0.744. The third kappa shape index (κ3) is 2.21. The van der Waals surface area contributed by atoms with Crippen LogP contribution < -0.4 is 5.32 Å². The van der Waals surface area contributed by atoms with Crippen molar-refractivity contribution in [1.29, 1.82) is 0 Å². The van der Waals surface area contributed by atoms with Crippen molar-refractivity contribution in [2.24, 2.45) is 5.41 Å². The quantitative estimate of drug-likeness (QED) is 0.848. The predicted octanol–water partition coefficient (Wildman–Crippen LogP) is 1.64. The zero-order chi connectivity index (χ0) is 14.3. The number of hydrogen-bond donors (Lipinski definition) is 1. The summed E-state index contributed by atoms with van der Waals surface area (Å²) in [5.74, 6) is 1.65. The molecule has 1 aromatic rings. The highest BCUT2D eigenvalue weighted by molar-refractivity contribution is 5.95. The molecule has 2 fully saturated rings. The maximum absolute atomic E-state index is 12.5. The number of carbonyl (C=O) groups is 2. The van der Waals surface area contributed by atoms with Gasteiger partial charge in [-0.2, -0.15) is 0 Å². The third-order valence-electron chi connectivity index (χ3n) is 4.58. The molecule has 0 aliphatic carbocycles. The first-order valence-electron chi connectivity index (χ1n) is 7.12. The standard InChI is InChI=1S/C15H20N2O3/c1-10-7-12(11(2)20-10)14(19)17-5-3-15(4-6-17)8-13(18)16-9-15/h7H,3-6,8-9H2,1-2H3,(H,16,18). The number of piperidine rings is 1. The van der Waals surface area contributed by atoms with Gasteiger partial charge in [0.05, 0.1) is 5.56 Å². The lowest BCUT2D eigenvalue weighted by atomic mass is 9.77. The molecule has 3 heterocycles. The zero-order valence-corrected chi connectivity index (χ0v) is 12.0. The van der Waals surface area contributed by atoms with Crippen molar-refractivity contribution in [2.45, 2.75) is 33.1 Å². The molecular formula is C15H20N2O3. The predicted molar refractivity (Wildman–Crippen MR) is 73.4 cm³/mol. The van der Waals surface area contributed by atoms with Crippen LogP contribution >= 0.6 is 0 Å². The van der Waals surface area contributed by atoms with Gasteiger partial charge in [-0.25, -0.2) is 0 Å². The number of rotatable bonds is 1. The Kier molecular flexibility index (Phi) is 3.07. The molecule has 3 rings (SSSR count). The number of likely N-dealkylation sites (tertiary alicyclic amines) is 1. The van der Waals surface area contributed by atoms with E-state index in [1.165, 1.54) is 0 Å². The average Bonchev–Trinajstić information content (AvgIpc) is 2.93. The summed E-state index contributed by atoms with van der Waals surface area (Å²) in [7, 11) is 0. The molecule has 108 valence electrons. The summed E-state index contributed by atoms with van der Waals surface area (Å²) in [5, 5.41) is 2.91. The van der Waals surface area contributed by atoms with E-state index in [1.54, 1.807) is 0 Å². The largest absolute Gasteiger partial charge is 0.466 e. The third-order valence-corrected chi connectivity index (χ3v) is 4.58. The minimum atomic E-state index is 0.0477. The van der Waals surface area contributed by atoms with Crippen LogP contribution in [0.4, 0.5) is 0 Å². The van der Waals surface area contributed by atoms with Crippen molar-refractivity contribution >= 4 is 11.8 Å². The molecule has 2 saturated heterocycles. The molecule has 0 atom stereocenters. The number of furan rings is 1. The van der Waals surface area contributed by atoms with Crippen LogP contribution in [0.5, 0.6) is 0 Å². The van der Waals surface area contributed by atoms with E-state index in [-0.39, 0.29) is 17.2 Å². The summed E-state index contributed by atoms with van der Waals surface area (Å²) in [6.45, 7) is 5.88. The molecule has 0 saturated carbocycles. The monoisotopic (exact) mass is 276 g/mol. The van der Waals surface area contributed by atoms with Gasteiger partial charge in [0.2, 0.25) is 5.91 Å². The van der Waals surface area contributed by atoms with Crippen LogP contribution in [0.2, 0.25) is 0 Å². The number of aryl methyl sites for hydroxylation is 2. The zero-order valence-electron chi connectivity index (χ0n) is 12.0. The highest BCUT2D eigenvalue weighted by atomic mass is 16.3. The van der Waals surface area contributed by atoms with Crippen molar-refractivity contribution < 1.29 is 14.0 Å². The van der Waals surface area contributed by atoms with E-state index < -0.39 is 0 Å². The maximum atomic E-state index is 12.5. The summed E-state index contributed by atoms with van der Waals surface area (Å²) in [4.78, 5) is 25.8. The van der Waals surface area contributed by atoms with E-state index in [0.29, 0.717) is 17.7 Å². The molecule has 2 aliphatic rings. The van der Waals surface area contributed by atoms with Crippen molar-refractivity contribution in [3.8, 4) is 0 Å². The first-order chi connectivity index (χ1) is 9.49. The second kappa shape index (κ2) is 4.65. The smallest absolute Gasteiger partial charge is 0.257 e. The molecule has 2 amide bonds. The minimum Gasteiger partial charge on any atom is -0.466 e. The first kappa shape index (κ1) is 13.2. The van der Waals surface area contributed by atoms with Gasteiger partial charge < -0.3 is 14.6 Å². The lowest BCUT2D eigenvalue weighted by Crippen LogP contribution is -2.44. The fraction of sp³-hybridized carbons (Fsp3) is 0.600. The highest BCUT2D eigenvalue weighted by Gasteiger charge is 2.41. The fourth-order valence-corrected chi connectivity index (χ4v) is 3.30. The van der Waals surface area contributed by atoms with Gasteiger partial charge in [0.25, 0.3) is 5.91 Å². The van der Waals surface area contributed by atoms with Gasteiger partial charge in [-0.05, 0) is 38.2 Å². The summed E-state index contributed by atoms with van der Waals surface area (Å²) in [6, 6.07) is 1.81. The number of carbonyl (C=O) groups excluding carboxylic acids is 2. The highest BCUT2D eigenvalue weighted by Crippen LogP contribution is 2.37. The molecule has 2 aliphatic heterocycles. The number of hydrogen-bond acceptors (Lipinski definition) is 3.